The van der Waals surface area contributed by atoms with Crippen molar-refractivity contribution in [2.75, 3.05) is 12.4 Å². The predicted molar refractivity (Wildman–Crippen MR) is 58.5 cm³/mol. The topological polar surface area (TPSA) is 34.1 Å². The molecule has 0 aromatic carbocycles. The van der Waals surface area contributed by atoms with Crippen LogP contribution in [-0.2, 0) is 4.74 Å². The van der Waals surface area contributed by atoms with Crippen molar-refractivity contribution in [2.45, 2.75) is 32.9 Å². The number of pyridine rings is 1. The molecule has 2 unspecified atom stereocenters. The minimum atomic E-state index is 0.179. The summed E-state index contributed by atoms with van der Waals surface area (Å²) in [5.41, 5.74) is 1.17. The third kappa shape index (κ3) is 3.00. The number of aryl methyl sites for hydroxylation is 1. The lowest BCUT2D eigenvalue weighted by Crippen LogP contribution is -2.29. The van der Waals surface area contributed by atoms with Gasteiger partial charge in [-0.3, -0.25) is 0 Å². The second kappa shape index (κ2) is 4.96. The van der Waals surface area contributed by atoms with Crippen LogP contribution in [0.4, 0.5) is 5.82 Å². The van der Waals surface area contributed by atoms with Crippen molar-refractivity contribution in [3.63, 3.8) is 0 Å². The van der Waals surface area contributed by atoms with Gasteiger partial charge in [0.2, 0.25) is 0 Å². The Bertz CT molecular complexity index is 271. The average molecular weight is 194 g/mol. The van der Waals surface area contributed by atoms with Gasteiger partial charge in [0, 0.05) is 13.3 Å². The highest BCUT2D eigenvalue weighted by molar-refractivity contribution is 5.36. The Balaban J connectivity index is 2.56. The molecule has 1 aromatic heterocycles. The normalized spacial score (nSPS) is 14.9. The summed E-state index contributed by atoms with van der Waals surface area (Å²) in [5, 5.41) is 3.28. The van der Waals surface area contributed by atoms with Crippen LogP contribution in [0.1, 0.15) is 19.4 Å². The van der Waals surface area contributed by atoms with E-state index in [1.54, 1.807) is 7.11 Å². The van der Waals surface area contributed by atoms with Gasteiger partial charge in [0.25, 0.3) is 0 Å². The van der Waals surface area contributed by atoms with E-state index < -0.39 is 0 Å². The van der Waals surface area contributed by atoms with Gasteiger partial charge in [0.05, 0.1) is 12.1 Å². The van der Waals surface area contributed by atoms with Gasteiger partial charge >= 0.3 is 0 Å². The molecule has 0 aliphatic carbocycles. The molecule has 14 heavy (non-hydrogen) atoms. The number of aromatic nitrogens is 1. The number of nitrogens with one attached hydrogen (secondary N) is 1. The van der Waals surface area contributed by atoms with Crippen LogP contribution in [0.25, 0.3) is 0 Å². The smallest absolute Gasteiger partial charge is 0.126 e. The van der Waals surface area contributed by atoms with Crippen LogP contribution in [0.2, 0.25) is 0 Å². The van der Waals surface area contributed by atoms with Gasteiger partial charge in [-0.1, -0.05) is 6.07 Å². The van der Waals surface area contributed by atoms with Gasteiger partial charge in [-0.15, -0.1) is 0 Å². The first kappa shape index (κ1) is 11.0. The lowest BCUT2D eigenvalue weighted by Gasteiger charge is -2.20. The Hall–Kier alpha value is -1.09. The Morgan fingerprint density at radius 2 is 2.07 bits per heavy atom. The summed E-state index contributed by atoms with van der Waals surface area (Å²) in [6, 6.07) is 4.28. The van der Waals surface area contributed by atoms with Gasteiger partial charge in [0.1, 0.15) is 5.82 Å². The molecule has 0 aliphatic rings. The summed E-state index contributed by atoms with van der Waals surface area (Å²) in [4.78, 5) is 4.27. The van der Waals surface area contributed by atoms with Crippen LogP contribution in [0.3, 0.4) is 0 Å². The lowest BCUT2D eigenvalue weighted by atomic mass is 10.2. The van der Waals surface area contributed by atoms with Crippen LogP contribution in [-0.4, -0.2) is 24.2 Å². The van der Waals surface area contributed by atoms with E-state index in [-0.39, 0.29) is 12.1 Å². The van der Waals surface area contributed by atoms with E-state index in [0.29, 0.717) is 0 Å². The molecule has 0 fully saturated rings. The van der Waals surface area contributed by atoms with Crippen LogP contribution in [0, 0.1) is 6.92 Å². The Morgan fingerprint density at radius 3 is 2.57 bits per heavy atom. The van der Waals surface area contributed by atoms with Crippen LogP contribution in [0.15, 0.2) is 18.3 Å². The Kier molecular flexibility index (Phi) is 3.89. The number of hydrogen-bond acceptors (Lipinski definition) is 3. The molecule has 0 spiro atoms. The van der Waals surface area contributed by atoms with E-state index >= 15 is 0 Å². The van der Waals surface area contributed by atoms with Gasteiger partial charge < -0.3 is 10.1 Å². The number of rotatable bonds is 4. The van der Waals surface area contributed by atoms with Crippen molar-refractivity contribution in [3.05, 3.63) is 23.9 Å². The summed E-state index contributed by atoms with van der Waals surface area (Å²) in [6.07, 6.45) is 2.03. The largest absolute Gasteiger partial charge is 0.380 e. The minimum absolute atomic E-state index is 0.179. The highest BCUT2D eigenvalue weighted by Gasteiger charge is 2.10. The fourth-order valence-electron chi connectivity index (χ4n) is 1.11. The van der Waals surface area contributed by atoms with Crippen molar-refractivity contribution in [2.24, 2.45) is 0 Å². The highest BCUT2D eigenvalue weighted by Crippen LogP contribution is 2.08. The predicted octanol–water partition coefficient (Wildman–Crippen LogP) is 2.23. The Labute approximate surface area is 85.5 Å². The SMILES string of the molecule is COC(C)C(C)Nc1ccc(C)cn1. The molecule has 1 aromatic rings. The fraction of sp³-hybridized carbons (Fsp3) is 0.545. The lowest BCUT2D eigenvalue weighted by molar-refractivity contribution is 0.106. The van der Waals surface area contributed by atoms with Crippen LogP contribution >= 0.6 is 0 Å². The average Bonchev–Trinajstić information content (AvgIpc) is 2.20. The first-order valence-corrected chi connectivity index (χ1v) is 4.85. The molecule has 2 atom stereocenters. The van der Waals surface area contributed by atoms with E-state index in [4.69, 9.17) is 4.74 Å². The van der Waals surface area contributed by atoms with E-state index in [2.05, 4.69) is 17.2 Å². The molecule has 1 heterocycles. The molecule has 3 heteroatoms. The number of hydrogen-bond donors (Lipinski definition) is 1. The summed E-state index contributed by atoms with van der Waals surface area (Å²) in [7, 11) is 1.71. The van der Waals surface area contributed by atoms with E-state index in [0.717, 1.165) is 5.82 Å². The first-order chi connectivity index (χ1) is 6.63. The maximum absolute atomic E-state index is 5.22. The van der Waals surface area contributed by atoms with Crippen LogP contribution in [0.5, 0.6) is 0 Å². The summed E-state index contributed by atoms with van der Waals surface area (Å²) in [6.45, 7) is 6.14. The molecule has 0 aliphatic heterocycles. The van der Waals surface area contributed by atoms with Crippen LogP contribution < -0.4 is 5.32 Å². The molecule has 0 amide bonds. The molecule has 1 N–H and O–H groups in total. The molecule has 78 valence electrons. The molecular formula is C11H18N2O. The van der Waals surface area contributed by atoms with Crippen molar-refractivity contribution in [3.8, 4) is 0 Å². The maximum Gasteiger partial charge on any atom is 0.126 e. The van der Waals surface area contributed by atoms with Crippen molar-refractivity contribution < 1.29 is 4.74 Å². The van der Waals surface area contributed by atoms with Crippen molar-refractivity contribution in [1.29, 1.82) is 0 Å². The van der Waals surface area contributed by atoms with Gasteiger partial charge in [-0.2, -0.15) is 0 Å². The zero-order valence-electron chi connectivity index (χ0n) is 9.24. The first-order valence-electron chi connectivity index (χ1n) is 4.85. The van der Waals surface area contributed by atoms with Gasteiger partial charge in [-0.25, -0.2) is 4.98 Å². The molecule has 1 rings (SSSR count). The molecule has 0 radical (unpaired) electrons. The quantitative estimate of drug-likeness (QED) is 0.798. The van der Waals surface area contributed by atoms with Crippen molar-refractivity contribution in [1.82, 2.24) is 4.98 Å². The summed E-state index contributed by atoms with van der Waals surface area (Å²) < 4.78 is 5.22. The number of methoxy groups -OCH3 is 1. The zero-order chi connectivity index (χ0) is 10.6. The third-order valence-electron chi connectivity index (χ3n) is 2.36. The van der Waals surface area contributed by atoms with E-state index in [1.165, 1.54) is 5.56 Å². The number of ether oxygens (including phenoxy) is 1. The maximum atomic E-state index is 5.22. The van der Waals surface area contributed by atoms with E-state index in [1.807, 2.05) is 32.2 Å². The minimum Gasteiger partial charge on any atom is -0.380 e. The standard InChI is InChI=1S/C11H18N2O/c1-8-5-6-11(12-7-8)13-9(2)10(3)14-4/h5-7,9-10H,1-4H3,(H,12,13). The Morgan fingerprint density at radius 1 is 1.36 bits per heavy atom. The third-order valence-corrected chi connectivity index (χ3v) is 2.36. The fourth-order valence-corrected chi connectivity index (χ4v) is 1.11. The number of anilines is 1. The molecule has 0 bridgehead atoms. The molecule has 0 saturated carbocycles. The van der Waals surface area contributed by atoms with Gasteiger partial charge in [0.15, 0.2) is 0 Å². The zero-order valence-corrected chi connectivity index (χ0v) is 9.24. The second-order valence-electron chi connectivity index (χ2n) is 3.59. The summed E-state index contributed by atoms with van der Waals surface area (Å²) >= 11 is 0. The highest BCUT2D eigenvalue weighted by atomic mass is 16.5. The molecule has 3 nitrogen and oxygen atoms in total. The van der Waals surface area contributed by atoms with Gasteiger partial charge in [-0.05, 0) is 32.4 Å². The molecule has 0 saturated heterocycles. The van der Waals surface area contributed by atoms with E-state index in [9.17, 15) is 0 Å². The number of nitrogens with zero attached hydrogens (tertiary/aromatic N) is 1. The summed E-state index contributed by atoms with van der Waals surface area (Å²) in [5.74, 6) is 0.895. The van der Waals surface area contributed by atoms with Crippen molar-refractivity contribution >= 4 is 5.82 Å². The monoisotopic (exact) mass is 194 g/mol. The molecular weight excluding hydrogens is 176 g/mol. The second-order valence-corrected chi connectivity index (χ2v) is 3.59.